The Kier molecular flexibility index (Phi) is 8.52. The van der Waals surface area contributed by atoms with Gasteiger partial charge in [-0.05, 0) is 37.3 Å². The first kappa shape index (κ1) is 19.0. The lowest BCUT2D eigenvalue weighted by Gasteiger charge is -2.33. The van der Waals surface area contributed by atoms with Gasteiger partial charge >= 0.3 is 0 Å². The molecule has 0 amide bonds. The highest BCUT2D eigenvalue weighted by atomic mass is 127. The van der Waals surface area contributed by atoms with Gasteiger partial charge in [0.25, 0.3) is 0 Å². The van der Waals surface area contributed by atoms with E-state index in [0.717, 1.165) is 37.1 Å². The Morgan fingerprint density at radius 3 is 3.05 bits per heavy atom. The van der Waals surface area contributed by atoms with Gasteiger partial charge in [0.2, 0.25) is 5.88 Å². The summed E-state index contributed by atoms with van der Waals surface area (Å²) in [7, 11) is 1.63. The van der Waals surface area contributed by atoms with Crippen molar-refractivity contribution in [3.8, 4) is 5.88 Å². The van der Waals surface area contributed by atoms with E-state index in [-0.39, 0.29) is 24.0 Å². The van der Waals surface area contributed by atoms with Gasteiger partial charge in [0.15, 0.2) is 5.96 Å². The minimum atomic E-state index is 0. The van der Waals surface area contributed by atoms with Gasteiger partial charge in [0.1, 0.15) is 0 Å². The maximum absolute atomic E-state index is 5.15. The fraction of sp³-hybridized carbons (Fsp3) is 0.625. The van der Waals surface area contributed by atoms with Crippen LogP contribution in [0, 0.1) is 5.92 Å². The van der Waals surface area contributed by atoms with Crippen molar-refractivity contribution in [1.29, 1.82) is 0 Å². The maximum atomic E-state index is 5.15. The smallest absolute Gasteiger partial charge is 0.213 e. The number of likely N-dealkylation sites (tertiary alicyclic amines) is 1. The molecular formula is C16H27IN4O. The van der Waals surface area contributed by atoms with Crippen LogP contribution >= 0.6 is 24.0 Å². The van der Waals surface area contributed by atoms with E-state index in [1.165, 1.54) is 12.8 Å². The zero-order chi connectivity index (χ0) is 15.1. The molecule has 0 aromatic carbocycles. The molecule has 1 atom stereocenters. The average molecular weight is 418 g/mol. The van der Waals surface area contributed by atoms with E-state index in [0.29, 0.717) is 12.4 Å². The number of hydrogen-bond acceptors (Lipinski definition) is 3. The number of nitrogens with zero attached hydrogens (tertiary/aromatic N) is 3. The first-order chi connectivity index (χ1) is 10.2. The van der Waals surface area contributed by atoms with Crippen molar-refractivity contribution in [2.45, 2.75) is 33.2 Å². The monoisotopic (exact) mass is 418 g/mol. The number of ether oxygens (including phenoxy) is 1. The van der Waals surface area contributed by atoms with Crippen molar-refractivity contribution in [2.24, 2.45) is 10.9 Å². The molecule has 1 aromatic heterocycles. The molecule has 0 radical (unpaired) electrons. The lowest BCUT2D eigenvalue weighted by atomic mass is 10.0. The Hall–Kier alpha value is -1.05. The third-order valence-corrected chi connectivity index (χ3v) is 3.71. The largest absolute Gasteiger partial charge is 0.481 e. The molecule has 2 rings (SSSR count). The highest BCUT2D eigenvalue weighted by molar-refractivity contribution is 14.0. The summed E-state index contributed by atoms with van der Waals surface area (Å²) >= 11 is 0. The van der Waals surface area contributed by atoms with Crippen LogP contribution in [0.5, 0.6) is 5.88 Å². The van der Waals surface area contributed by atoms with Crippen LogP contribution in [0.15, 0.2) is 23.3 Å². The molecule has 1 aliphatic rings. The van der Waals surface area contributed by atoms with Crippen LogP contribution in [-0.4, -0.2) is 42.6 Å². The first-order valence-electron chi connectivity index (χ1n) is 7.75. The highest BCUT2D eigenvalue weighted by Gasteiger charge is 2.18. The quantitative estimate of drug-likeness (QED) is 0.464. The molecule has 1 aromatic rings. The molecule has 5 nitrogen and oxygen atoms in total. The minimum absolute atomic E-state index is 0. The van der Waals surface area contributed by atoms with Gasteiger partial charge in [-0.2, -0.15) is 0 Å². The molecule has 1 fully saturated rings. The molecular weight excluding hydrogens is 391 g/mol. The Morgan fingerprint density at radius 2 is 2.36 bits per heavy atom. The summed E-state index contributed by atoms with van der Waals surface area (Å²) in [5.74, 6) is 2.39. The summed E-state index contributed by atoms with van der Waals surface area (Å²) in [6.45, 7) is 8.14. The van der Waals surface area contributed by atoms with Crippen molar-refractivity contribution in [3.05, 3.63) is 23.9 Å². The lowest BCUT2D eigenvalue weighted by Crippen LogP contribution is -2.46. The van der Waals surface area contributed by atoms with Gasteiger partial charge in [-0.3, -0.25) is 0 Å². The van der Waals surface area contributed by atoms with Crippen LogP contribution in [0.4, 0.5) is 0 Å². The number of nitrogens with one attached hydrogen (secondary N) is 1. The standard InChI is InChI=1S/C16H26N4O.HI/c1-4-17-16(20-9-5-6-13(2)12-20)19-11-14-7-8-18-15(10-14)21-3;/h7-8,10,13H,4-6,9,11-12H2,1-3H3,(H,17,19);1H. The van der Waals surface area contributed by atoms with Gasteiger partial charge in [0, 0.05) is 31.9 Å². The minimum Gasteiger partial charge on any atom is -0.481 e. The Labute approximate surface area is 150 Å². The molecule has 6 heteroatoms. The summed E-state index contributed by atoms with van der Waals surface area (Å²) in [6.07, 6.45) is 4.33. The van der Waals surface area contributed by atoms with Crippen molar-refractivity contribution < 1.29 is 4.74 Å². The van der Waals surface area contributed by atoms with Gasteiger partial charge in [-0.15, -0.1) is 24.0 Å². The molecule has 0 spiro atoms. The highest BCUT2D eigenvalue weighted by Crippen LogP contribution is 2.16. The number of rotatable bonds is 4. The van der Waals surface area contributed by atoms with Crippen molar-refractivity contribution in [3.63, 3.8) is 0 Å². The number of aromatic nitrogens is 1. The fourth-order valence-corrected chi connectivity index (χ4v) is 2.63. The molecule has 1 N–H and O–H groups in total. The summed E-state index contributed by atoms with van der Waals surface area (Å²) < 4.78 is 5.15. The maximum Gasteiger partial charge on any atom is 0.213 e. The van der Waals surface area contributed by atoms with Crippen LogP contribution < -0.4 is 10.1 Å². The van der Waals surface area contributed by atoms with Crippen LogP contribution in [0.25, 0.3) is 0 Å². The second kappa shape index (κ2) is 9.86. The molecule has 0 saturated carbocycles. The third kappa shape index (κ3) is 5.62. The van der Waals surface area contributed by atoms with Crippen molar-refractivity contribution in [1.82, 2.24) is 15.2 Å². The molecule has 1 aliphatic heterocycles. The summed E-state index contributed by atoms with van der Waals surface area (Å²) in [6, 6.07) is 3.92. The molecule has 1 saturated heterocycles. The molecule has 1 unspecified atom stereocenters. The van der Waals surface area contributed by atoms with Gasteiger partial charge in [0.05, 0.1) is 13.7 Å². The number of pyridine rings is 1. The fourth-order valence-electron chi connectivity index (χ4n) is 2.63. The van der Waals surface area contributed by atoms with E-state index in [2.05, 4.69) is 29.0 Å². The van der Waals surface area contributed by atoms with Gasteiger partial charge in [-0.25, -0.2) is 9.98 Å². The van der Waals surface area contributed by atoms with Crippen LogP contribution in [0.3, 0.4) is 0 Å². The predicted octanol–water partition coefficient (Wildman–Crippen LogP) is 2.91. The topological polar surface area (TPSA) is 49.8 Å². The Morgan fingerprint density at radius 1 is 1.55 bits per heavy atom. The average Bonchev–Trinajstić information content (AvgIpc) is 2.51. The zero-order valence-electron chi connectivity index (χ0n) is 13.7. The lowest BCUT2D eigenvalue weighted by molar-refractivity contribution is 0.266. The first-order valence-corrected chi connectivity index (χ1v) is 7.75. The number of methoxy groups -OCH3 is 1. The summed E-state index contributed by atoms with van der Waals surface area (Å²) in [5, 5.41) is 3.40. The Bertz CT molecular complexity index is 481. The molecule has 124 valence electrons. The molecule has 2 heterocycles. The zero-order valence-corrected chi connectivity index (χ0v) is 16.0. The van der Waals surface area contributed by atoms with Crippen molar-refractivity contribution in [2.75, 3.05) is 26.7 Å². The van der Waals surface area contributed by atoms with E-state index in [4.69, 9.17) is 9.73 Å². The van der Waals surface area contributed by atoms with E-state index < -0.39 is 0 Å². The van der Waals surface area contributed by atoms with E-state index in [1.807, 2.05) is 12.1 Å². The van der Waals surface area contributed by atoms with Crippen LogP contribution in [0.2, 0.25) is 0 Å². The third-order valence-electron chi connectivity index (χ3n) is 3.71. The van der Waals surface area contributed by atoms with Crippen molar-refractivity contribution >= 4 is 29.9 Å². The SMILES string of the molecule is CCNC(=NCc1ccnc(OC)c1)N1CCCC(C)C1.I. The second-order valence-corrected chi connectivity index (χ2v) is 5.57. The summed E-state index contributed by atoms with van der Waals surface area (Å²) in [4.78, 5) is 11.3. The molecule has 0 aliphatic carbocycles. The molecule has 0 bridgehead atoms. The van der Waals surface area contributed by atoms with Gasteiger partial charge < -0.3 is 15.0 Å². The van der Waals surface area contributed by atoms with Crippen LogP contribution in [0.1, 0.15) is 32.3 Å². The normalized spacial score (nSPS) is 18.6. The van der Waals surface area contributed by atoms with E-state index in [9.17, 15) is 0 Å². The Balaban J connectivity index is 0.00000242. The molecule has 22 heavy (non-hydrogen) atoms. The predicted molar refractivity (Wildman–Crippen MR) is 101 cm³/mol. The number of guanidine groups is 1. The number of piperidine rings is 1. The van der Waals surface area contributed by atoms with E-state index >= 15 is 0 Å². The van der Waals surface area contributed by atoms with Crippen LogP contribution in [-0.2, 0) is 6.54 Å². The number of hydrogen-bond donors (Lipinski definition) is 1. The van der Waals surface area contributed by atoms with Gasteiger partial charge in [-0.1, -0.05) is 6.92 Å². The summed E-state index contributed by atoms with van der Waals surface area (Å²) in [5.41, 5.74) is 1.11. The number of aliphatic imine (C=N–C) groups is 1. The second-order valence-electron chi connectivity index (χ2n) is 5.57. The number of halogens is 1. The van der Waals surface area contributed by atoms with E-state index in [1.54, 1.807) is 13.3 Å².